The monoisotopic (exact) mass is 258 g/mol. The van der Waals surface area contributed by atoms with Crippen LogP contribution in [0.3, 0.4) is 0 Å². The summed E-state index contributed by atoms with van der Waals surface area (Å²) in [6.45, 7) is 2.58. The molecule has 3 nitrogen and oxygen atoms in total. The van der Waals surface area contributed by atoms with Crippen molar-refractivity contribution in [3.63, 3.8) is 0 Å². The van der Waals surface area contributed by atoms with E-state index in [0.29, 0.717) is 30.7 Å². The second kappa shape index (κ2) is 5.43. The molecule has 1 heterocycles. The Morgan fingerprint density at radius 1 is 1.26 bits per heavy atom. The number of benzene rings is 1. The SMILES string of the molecule is NC1CCN(CC(=O)CC2Cc3ccccc32)CC1. The quantitative estimate of drug-likeness (QED) is 0.894. The molecular formula is C16H22N2O. The Hall–Kier alpha value is -1.19. The summed E-state index contributed by atoms with van der Waals surface area (Å²) >= 11 is 0. The third kappa shape index (κ3) is 2.88. The van der Waals surface area contributed by atoms with Crippen LogP contribution in [-0.4, -0.2) is 36.4 Å². The molecule has 1 saturated heterocycles. The van der Waals surface area contributed by atoms with Gasteiger partial charge >= 0.3 is 0 Å². The first-order valence-electron chi connectivity index (χ1n) is 7.30. The lowest BCUT2D eigenvalue weighted by molar-refractivity contribution is -0.121. The fourth-order valence-corrected chi connectivity index (χ4v) is 3.24. The highest BCUT2D eigenvalue weighted by atomic mass is 16.1. The molecule has 3 heteroatoms. The highest BCUT2D eigenvalue weighted by Gasteiger charge is 2.28. The standard InChI is InChI=1S/C16H22N2O/c17-14-5-7-18(8-6-14)11-15(19)10-13-9-12-3-1-2-4-16(12)13/h1-4,13-14H,5-11,17H2. The van der Waals surface area contributed by atoms with E-state index in [9.17, 15) is 4.79 Å². The summed E-state index contributed by atoms with van der Waals surface area (Å²) in [6.07, 6.45) is 3.84. The lowest BCUT2D eigenvalue weighted by atomic mass is 9.75. The van der Waals surface area contributed by atoms with Crippen LogP contribution >= 0.6 is 0 Å². The molecule has 1 aromatic carbocycles. The maximum Gasteiger partial charge on any atom is 0.147 e. The Kier molecular flexibility index (Phi) is 3.67. The van der Waals surface area contributed by atoms with Crippen molar-refractivity contribution in [2.24, 2.45) is 5.73 Å². The van der Waals surface area contributed by atoms with Crippen LogP contribution in [0.1, 0.15) is 36.3 Å². The average molecular weight is 258 g/mol. The topological polar surface area (TPSA) is 46.3 Å². The number of hydrogen-bond donors (Lipinski definition) is 1. The lowest BCUT2D eigenvalue weighted by Crippen LogP contribution is -2.42. The van der Waals surface area contributed by atoms with Gasteiger partial charge in [0, 0.05) is 25.6 Å². The second-order valence-corrected chi connectivity index (χ2v) is 5.96. The zero-order valence-electron chi connectivity index (χ0n) is 11.3. The third-order valence-corrected chi connectivity index (χ3v) is 4.47. The van der Waals surface area contributed by atoms with Gasteiger partial charge in [-0.3, -0.25) is 9.69 Å². The minimum absolute atomic E-state index is 0.338. The molecule has 1 atom stereocenters. The van der Waals surface area contributed by atoms with Crippen molar-refractivity contribution >= 4 is 5.78 Å². The highest BCUT2D eigenvalue weighted by molar-refractivity contribution is 5.81. The average Bonchev–Trinajstić information content (AvgIpc) is 2.39. The first-order valence-corrected chi connectivity index (χ1v) is 7.30. The number of likely N-dealkylation sites (tertiary alicyclic amines) is 1. The molecule has 0 amide bonds. The van der Waals surface area contributed by atoms with Gasteiger partial charge in [-0.2, -0.15) is 0 Å². The number of fused-ring (bicyclic) bond motifs is 1. The maximum absolute atomic E-state index is 12.1. The van der Waals surface area contributed by atoms with E-state index in [4.69, 9.17) is 5.73 Å². The minimum Gasteiger partial charge on any atom is -0.328 e. The molecule has 102 valence electrons. The molecule has 0 radical (unpaired) electrons. The molecule has 0 bridgehead atoms. The van der Waals surface area contributed by atoms with E-state index >= 15 is 0 Å². The van der Waals surface area contributed by atoms with Gasteiger partial charge in [-0.05, 0) is 36.3 Å². The lowest BCUT2D eigenvalue weighted by Gasteiger charge is -2.32. The molecule has 1 unspecified atom stereocenters. The number of Topliss-reactive ketones (excluding diaryl/α,β-unsaturated/α-hetero) is 1. The zero-order valence-corrected chi connectivity index (χ0v) is 11.3. The van der Waals surface area contributed by atoms with Gasteiger partial charge in [-0.15, -0.1) is 0 Å². The highest BCUT2D eigenvalue weighted by Crippen LogP contribution is 2.37. The van der Waals surface area contributed by atoms with Gasteiger partial charge in [0.15, 0.2) is 0 Å². The summed E-state index contributed by atoms with van der Waals surface area (Å²) < 4.78 is 0. The predicted molar refractivity (Wildman–Crippen MR) is 76.2 cm³/mol. The summed E-state index contributed by atoms with van der Waals surface area (Å²) in [5, 5.41) is 0. The van der Waals surface area contributed by atoms with E-state index < -0.39 is 0 Å². The number of hydrogen-bond acceptors (Lipinski definition) is 3. The Bertz CT molecular complexity index is 464. The number of ketones is 1. The summed E-state index contributed by atoms with van der Waals surface area (Å²) in [7, 11) is 0. The summed E-state index contributed by atoms with van der Waals surface area (Å²) in [4.78, 5) is 14.4. The molecule has 1 aromatic rings. The van der Waals surface area contributed by atoms with E-state index in [0.717, 1.165) is 32.4 Å². The number of nitrogens with zero attached hydrogens (tertiary/aromatic N) is 1. The van der Waals surface area contributed by atoms with Crippen LogP contribution in [0.2, 0.25) is 0 Å². The van der Waals surface area contributed by atoms with Crippen LogP contribution in [0.15, 0.2) is 24.3 Å². The largest absolute Gasteiger partial charge is 0.328 e. The van der Waals surface area contributed by atoms with E-state index in [-0.39, 0.29) is 0 Å². The fraction of sp³-hybridized carbons (Fsp3) is 0.562. The molecule has 0 spiro atoms. The van der Waals surface area contributed by atoms with Gasteiger partial charge < -0.3 is 5.73 Å². The van der Waals surface area contributed by atoms with Crippen LogP contribution in [0.25, 0.3) is 0 Å². The van der Waals surface area contributed by atoms with Crippen molar-refractivity contribution in [3.8, 4) is 0 Å². The smallest absolute Gasteiger partial charge is 0.147 e. The molecule has 1 aliphatic carbocycles. The van der Waals surface area contributed by atoms with Gasteiger partial charge in [0.05, 0.1) is 6.54 Å². The van der Waals surface area contributed by atoms with E-state index in [2.05, 4.69) is 29.2 Å². The van der Waals surface area contributed by atoms with Crippen molar-refractivity contribution in [1.29, 1.82) is 0 Å². The van der Waals surface area contributed by atoms with Crippen LogP contribution in [0, 0.1) is 0 Å². The molecule has 2 N–H and O–H groups in total. The summed E-state index contributed by atoms with van der Waals surface area (Å²) in [6, 6.07) is 8.82. The van der Waals surface area contributed by atoms with Crippen LogP contribution in [0.4, 0.5) is 0 Å². The van der Waals surface area contributed by atoms with E-state index in [1.807, 2.05) is 0 Å². The molecule has 19 heavy (non-hydrogen) atoms. The number of carbonyl (C=O) groups excluding carboxylic acids is 1. The van der Waals surface area contributed by atoms with Crippen molar-refractivity contribution < 1.29 is 4.79 Å². The van der Waals surface area contributed by atoms with Crippen LogP contribution < -0.4 is 5.73 Å². The van der Waals surface area contributed by atoms with Crippen molar-refractivity contribution in [2.75, 3.05) is 19.6 Å². The van der Waals surface area contributed by atoms with Crippen LogP contribution in [-0.2, 0) is 11.2 Å². The van der Waals surface area contributed by atoms with Gasteiger partial charge in [-0.25, -0.2) is 0 Å². The van der Waals surface area contributed by atoms with E-state index in [1.54, 1.807) is 0 Å². The maximum atomic E-state index is 12.1. The summed E-state index contributed by atoms with van der Waals surface area (Å²) in [5.74, 6) is 0.853. The Morgan fingerprint density at radius 2 is 2.00 bits per heavy atom. The first kappa shape index (κ1) is 12.8. The van der Waals surface area contributed by atoms with E-state index in [1.165, 1.54) is 11.1 Å². The molecular weight excluding hydrogens is 236 g/mol. The van der Waals surface area contributed by atoms with Gasteiger partial charge in [0.1, 0.15) is 5.78 Å². The van der Waals surface area contributed by atoms with Gasteiger partial charge in [0.25, 0.3) is 0 Å². The number of carbonyl (C=O) groups is 1. The predicted octanol–water partition coefficient (Wildman–Crippen LogP) is 1.71. The molecule has 0 saturated carbocycles. The Labute approximate surface area is 114 Å². The minimum atomic E-state index is 0.338. The molecule has 3 rings (SSSR count). The van der Waals surface area contributed by atoms with Gasteiger partial charge in [-0.1, -0.05) is 24.3 Å². The van der Waals surface area contributed by atoms with Crippen molar-refractivity contribution in [1.82, 2.24) is 4.90 Å². The Morgan fingerprint density at radius 3 is 2.74 bits per heavy atom. The number of piperidine rings is 1. The second-order valence-electron chi connectivity index (χ2n) is 5.96. The van der Waals surface area contributed by atoms with Crippen molar-refractivity contribution in [2.45, 2.75) is 37.6 Å². The zero-order chi connectivity index (χ0) is 13.2. The van der Waals surface area contributed by atoms with Crippen LogP contribution in [0.5, 0.6) is 0 Å². The number of rotatable bonds is 4. The number of nitrogens with two attached hydrogens (primary N) is 1. The molecule has 0 aromatic heterocycles. The Balaban J connectivity index is 1.48. The normalized spacial score (nSPS) is 23.7. The fourth-order valence-electron chi connectivity index (χ4n) is 3.24. The van der Waals surface area contributed by atoms with Crippen molar-refractivity contribution in [3.05, 3.63) is 35.4 Å². The molecule has 1 fully saturated rings. The summed E-state index contributed by atoms with van der Waals surface area (Å²) in [5.41, 5.74) is 8.69. The van der Waals surface area contributed by atoms with Gasteiger partial charge in [0.2, 0.25) is 0 Å². The molecule has 1 aliphatic heterocycles. The first-order chi connectivity index (χ1) is 9.22. The molecule has 2 aliphatic rings. The third-order valence-electron chi connectivity index (χ3n) is 4.47.